The number of nitrogens with zero attached hydrogens (tertiary/aromatic N) is 2. The molecule has 1 heterocycles. The number of nitrogens with two attached hydrogens (primary N) is 1. The van der Waals surface area contributed by atoms with Crippen LogP contribution in [-0.4, -0.2) is 15.3 Å². The van der Waals surface area contributed by atoms with E-state index in [4.69, 9.17) is 5.73 Å². The first-order chi connectivity index (χ1) is 6.42. The number of rotatable bonds is 1. The first kappa shape index (κ1) is 10.8. The molecule has 0 aliphatic rings. The van der Waals surface area contributed by atoms with Gasteiger partial charge in [-0.1, -0.05) is 11.8 Å². The highest BCUT2D eigenvalue weighted by Gasteiger charge is 2.05. The molecule has 0 radical (unpaired) electrons. The van der Waals surface area contributed by atoms with Crippen LogP contribution in [0.3, 0.4) is 0 Å². The molecule has 0 saturated carbocycles. The fourth-order valence-electron chi connectivity index (χ4n) is 1.03. The molecule has 1 aromatic heterocycles. The van der Waals surface area contributed by atoms with Crippen LogP contribution in [0.1, 0.15) is 32.0 Å². The Morgan fingerprint density at radius 3 is 2.64 bits per heavy atom. The Labute approximate surface area is 85.3 Å². The average Bonchev–Trinajstić information content (AvgIpc) is 2.42. The van der Waals surface area contributed by atoms with E-state index in [0.717, 1.165) is 17.8 Å². The Morgan fingerprint density at radius 1 is 1.57 bits per heavy atom. The second-order valence-electron chi connectivity index (χ2n) is 3.96. The van der Waals surface area contributed by atoms with E-state index >= 15 is 0 Å². The van der Waals surface area contributed by atoms with Gasteiger partial charge in [0.25, 0.3) is 0 Å². The minimum atomic E-state index is -0.444. The number of hydrogen-bond donors (Lipinski definition) is 1. The van der Waals surface area contributed by atoms with Crippen molar-refractivity contribution in [2.45, 2.75) is 39.8 Å². The van der Waals surface area contributed by atoms with Crippen molar-refractivity contribution in [2.24, 2.45) is 5.73 Å². The molecule has 0 atom stereocenters. The third-order valence-electron chi connectivity index (χ3n) is 1.79. The van der Waals surface area contributed by atoms with E-state index in [9.17, 15) is 0 Å². The maximum absolute atomic E-state index is 5.77. The molecular weight excluding hydrogens is 174 g/mol. The van der Waals surface area contributed by atoms with Gasteiger partial charge >= 0.3 is 0 Å². The Bertz CT molecular complexity index is 371. The van der Waals surface area contributed by atoms with Gasteiger partial charge in [-0.3, -0.25) is 4.68 Å². The molecular formula is C11H17N3. The molecule has 0 amide bonds. The lowest BCUT2D eigenvalue weighted by molar-refractivity contribution is 0.653. The SMILES string of the molecule is CCn1cc(C#CC(C)(C)N)c(C)n1. The molecule has 0 bridgehead atoms. The van der Waals surface area contributed by atoms with Crippen molar-refractivity contribution < 1.29 is 0 Å². The molecule has 2 N–H and O–H groups in total. The molecule has 3 heteroatoms. The minimum Gasteiger partial charge on any atom is -0.316 e. The topological polar surface area (TPSA) is 43.8 Å². The van der Waals surface area contributed by atoms with Crippen molar-refractivity contribution in [1.82, 2.24) is 9.78 Å². The summed E-state index contributed by atoms with van der Waals surface area (Å²) < 4.78 is 1.88. The van der Waals surface area contributed by atoms with Crippen LogP contribution in [0.2, 0.25) is 0 Å². The summed E-state index contributed by atoms with van der Waals surface area (Å²) in [6.07, 6.45) is 1.95. The second kappa shape index (κ2) is 3.85. The average molecular weight is 191 g/mol. The van der Waals surface area contributed by atoms with Gasteiger partial charge in [-0.2, -0.15) is 5.10 Å². The van der Waals surface area contributed by atoms with Crippen molar-refractivity contribution in [2.75, 3.05) is 0 Å². The zero-order chi connectivity index (χ0) is 10.8. The Hall–Kier alpha value is -1.27. The monoisotopic (exact) mass is 191 g/mol. The molecule has 0 aliphatic heterocycles. The summed E-state index contributed by atoms with van der Waals surface area (Å²) in [5, 5.41) is 4.30. The number of hydrogen-bond acceptors (Lipinski definition) is 2. The van der Waals surface area contributed by atoms with Crippen LogP contribution in [0, 0.1) is 18.8 Å². The third kappa shape index (κ3) is 2.90. The summed E-state index contributed by atoms with van der Waals surface area (Å²) >= 11 is 0. The lowest BCUT2D eigenvalue weighted by atomic mass is 10.1. The van der Waals surface area contributed by atoms with Crippen molar-refractivity contribution in [3.05, 3.63) is 17.5 Å². The first-order valence-electron chi connectivity index (χ1n) is 4.78. The van der Waals surface area contributed by atoms with Crippen LogP contribution in [0.15, 0.2) is 6.20 Å². The number of aromatic nitrogens is 2. The lowest BCUT2D eigenvalue weighted by Crippen LogP contribution is -2.29. The van der Waals surface area contributed by atoms with E-state index in [-0.39, 0.29) is 0 Å². The number of aryl methyl sites for hydroxylation is 2. The summed E-state index contributed by atoms with van der Waals surface area (Å²) in [4.78, 5) is 0. The van der Waals surface area contributed by atoms with Gasteiger partial charge < -0.3 is 5.73 Å². The van der Waals surface area contributed by atoms with Gasteiger partial charge in [-0.15, -0.1) is 0 Å². The lowest BCUT2D eigenvalue weighted by Gasteiger charge is -2.06. The summed E-state index contributed by atoms with van der Waals surface area (Å²) in [6.45, 7) is 8.66. The maximum atomic E-state index is 5.77. The van der Waals surface area contributed by atoms with Gasteiger partial charge in [0.2, 0.25) is 0 Å². The second-order valence-corrected chi connectivity index (χ2v) is 3.96. The Kier molecular flexibility index (Phi) is 2.97. The van der Waals surface area contributed by atoms with E-state index in [1.807, 2.05) is 31.6 Å². The van der Waals surface area contributed by atoms with Crippen molar-refractivity contribution >= 4 is 0 Å². The molecule has 0 fully saturated rings. The van der Waals surface area contributed by atoms with Gasteiger partial charge in [0, 0.05) is 12.7 Å². The van der Waals surface area contributed by atoms with Gasteiger partial charge in [0.1, 0.15) is 0 Å². The summed E-state index contributed by atoms with van der Waals surface area (Å²) in [5.41, 5.74) is 7.25. The molecule has 76 valence electrons. The quantitative estimate of drug-likeness (QED) is 0.680. The molecule has 3 nitrogen and oxygen atoms in total. The van der Waals surface area contributed by atoms with Crippen molar-refractivity contribution in [1.29, 1.82) is 0 Å². The molecule has 1 rings (SSSR count). The Balaban J connectivity index is 2.95. The molecule has 0 aromatic carbocycles. The van der Waals surface area contributed by atoms with E-state index < -0.39 is 5.54 Å². The van der Waals surface area contributed by atoms with Gasteiger partial charge in [0.05, 0.1) is 16.8 Å². The van der Waals surface area contributed by atoms with Crippen LogP contribution in [0.5, 0.6) is 0 Å². The fourth-order valence-corrected chi connectivity index (χ4v) is 1.03. The third-order valence-corrected chi connectivity index (χ3v) is 1.79. The van der Waals surface area contributed by atoms with Crippen LogP contribution in [0.4, 0.5) is 0 Å². The molecule has 0 saturated heterocycles. The minimum absolute atomic E-state index is 0.444. The zero-order valence-corrected chi connectivity index (χ0v) is 9.26. The van der Waals surface area contributed by atoms with Crippen molar-refractivity contribution in [3.63, 3.8) is 0 Å². The molecule has 0 spiro atoms. The van der Waals surface area contributed by atoms with Gasteiger partial charge in [0.15, 0.2) is 0 Å². The van der Waals surface area contributed by atoms with Crippen molar-refractivity contribution in [3.8, 4) is 11.8 Å². The summed E-state index contributed by atoms with van der Waals surface area (Å²) in [6, 6.07) is 0. The summed E-state index contributed by atoms with van der Waals surface area (Å²) in [5.74, 6) is 6.04. The zero-order valence-electron chi connectivity index (χ0n) is 9.26. The molecule has 14 heavy (non-hydrogen) atoms. The molecule has 1 aromatic rings. The van der Waals surface area contributed by atoms with Crippen LogP contribution in [0.25, 0.3) is 0 Å². The predicted octanol–water partition coefficient (Wildman–Crippen LogP) is 1.30. The normalized spacial score (nSPS) is 10.9. The maximum Gasteiger partial charge on any atom is 0.0750 e. The van der Waals surface area contributed by atoms with Crippen LogP contribution >= 0.6 is 0 Å². The summed E-state index contributed by atoms with van der Waals surface area (Å²) in [7, 11) is 0. The highest BCUT2D eigenvalue weighted by Crippen LogP contribution is 2.04. The van der Waals surface area contributed by atoms with E-state index in [2.05, 4.69) is 23.9 Å². The van der Waals surface area contributed by atoms with E-state index in [1.165, 1.54) is 0 Å². The first-order valence-corrected chi connectivity index (χ1v) is 4.78. The molecule has 0 aliphatic carbocycles. The van der Waals surface area contributed by atoms with Gasteiger partial charge in [-0.05, 0) is 27.7 Å². The largest absolute Gasteiger partial charge is 0.316 e. The predicted molar refractivity (Wildman–Crippen MR) is 57.8 cm³/mol. The van der Waals surface area contributed by atoms with E-state index in [1.54, 1.807) is 0 Å². The highest BCUT2D eigenvalue weighted by atomic mass is 15.3. The fraction of sp³-hybridized carbons (Fsp3) is 0.545. The highest BCUT2D eigenvalue weighted by molar-refractivity contribution is 5.37. The van der Waals surface area contributed by atoms with Crippen LogP contribution < -0.4 is 5.73 Å². The van der Waals surface area contributed by atoms with Crippen LogP contribution in [-0.2, 0) is 6.54 Å². The van der Waals surface area contributed by atoms with Gasteiger partial charge in [-0.25, -0.2) is 0 Å². The smallest absolute Gasteiger partial charge is 0.0750 e. The Morgan fingerprint density at radius 2 is 2.21 bits per heavy atom. The molecule has 0 unspecified atom stereocenters. The van der Waals surface area contributed by atoms with E-state index in [0.29, 0.717) is 0 Å². The standard InChI is InChI=1S/C11H17N3/c1-5-14-8-10(9(2)13-14)6-7-11(3,4)12/h8H,5,12H2,1-4H3.